The molecule has 0 bridgehead atoms. The van der Waals surface area contributed by atoms with Gasteiger partial charge in [0, 0.05) is 49.4 Å². The number of halogens is 2. The molecule has 6 rings (SSSR count). The Hall–Kier alpha value is -3.33. The zero-order chi connectivity index (χ0) is 22.7. The van der Waals surface area contributed by atoms with Gasteiger partial charge in [0.1, 0.15) is 17.5 Å². The lowest BCUT2D eigenvalue weighted by molar-refractivity contribution is 0.148. The van der Waals surface area contributed by atoms with Gasteiger partial charge in [-0.3, -0.25) is 4.68 Å². The van der Waals surface area contributed by atoms with Crippen LogP contribution >= 0.6 is 0 Å². The van der Waals surface area contributed by atoms with Gasteiger partial charge in [0.25, 0.3) is 0 Å². The van der Waals surface area contributed by atoms with E-state index in [2.05, 4.69) is 20.3 Å². The maximum Gasteiger partial charge on any atom is 0.193 e. The zero-order valence-electron chi connectivity index (χ0n) is 18.2. The highest BCUT2D eigenvalue weighted by Gasteiger charge is 2.33. The van der Waals surface area contributed by atoms with Crippen molar-refractivity contribution in [2.24, 2.45) is 7.05 Å². The quantitative estimate of drug-likeness (QED) is 0.494. The number of aromatic nitrogens is 4. The van der Waals surface area contributed by atoms with Crippen LogP contribution in [0.2, 0.25) is 0 Å². The summed E-state index contributed by atoms with van der Waals surface area (Å²) >= 11 is 0. The molecule has 1 aliphatic heterocycles. The number of nitrogens with zero attached hydrogens (tertiary/aromatic N) is 5. The Kier molecular flexibility index (Phi) is 4.69. The lowest BCUT2D eigenvalue weighted by Crippen LogP contribution is -2.48. The molecule has 33 heavy (non-hydrogen) atoms. The van der Waals surface area contributed by atoms with Gasteiger partial charge in [0.15, 0.2) is 11.6 Å². The number of hydrogen-bond acceptors (Lipinski definition) is 6. The first-order chi connectivity index (χ1) is 15.9. The smallest absolute Gasteiger partial charge is 0.193 e. The van der Waals surface area contributed by atoms with Crippen molar-refractivity contribution < 1.29 is 13.9 Å². The molecule has 0 radical (unpaired) electrons. The van der Waals surface area contributed by atoms with Gasteiger partial charge >= 0.3 is 0 Å². The van der Waals surface area contributed by atoms with Gasteiger partial charge in [-0.15, -0.1) is 0 Å². The first-order valence-corrected chi connectivity index (χ1v) is 11.2. The maximum absolute atomic E-state index is 14.7. The Labute approximate surface area is 189 Å². The van der Waals surface area contributed by atoms with Crippen LogP contribution in [0.1, 0.15) is 19.3 Å². The lowest BCUT2D eigenvalue weighted by Gasteiger charge is -2.33. The van der Waals surface area contributed by atoms with Crippen molar-refractivity contribution in [3.63, 3.8) is 0 Å². The summed E-state index contributed by atoms with van der Waals surface area (Å²) in [6.45, 7) is 1.74. The third-order valence-corrected chi connectivity index (χ3v) is 6.70. The van der Waals surface area contributed by atoms with Gasteiger partial charge < -0.3 is 15.3 Å². The van der Waals surface area contributed by atoms with E-state index in [-0.39, 0.29) is 5.52 Å². The SMILES string of the molecule is Cn1cc2cc(-c3ccc4nc(N5CC[C@H](N[C@H]6C[C@@H](F)C6)C5)ccc4n3)c(O)c(F)c2n1. The molecule has 4 heterocycles. The van der Waals surface area contributed by atoms with Gasteiger partial charge in [0.05, 0.1) is 16.7 Å². The fourth-order valence-corrected chi connectivity index (χ4v) is 4.88. The fourth-order valence-electron chi connectivity index (χ4n) is 4.88. The van der Waals surface area contributed by atoms with Crippen molar-refractivity contribution in [2.45, 2.75) is 37.5 Å². The zero-order valence-corrected chi connectivity index (χ0v) is 18.2. The monoisotopic (exact) mass is 450 g/mol. The van der Waals surface area contributed by atoms with Crippen LogP contribution in [0, 0.1) is 5.82 Å². The number of fused-ring (bicyclic) bond motifs is 2. The highest BCUT2D eigenvalue weighted by molar-refractivity contribution is 5.89. The van der Waals surface area contributed by atoms with E-state index in [1.807, 2.05) is 18.2 Å². The number of pyridine rings is 2. The molecule has 1 aliphatic carbocycles. The first-order valence-electron chi connectivity index (χ1n) is 11.2. The van der Waals surface area contributed by atoms with E-state index in [9.17, 15) is 13.9 Å². The maximum atomic E-state index is 14.7. The molecule has 170 valence electrons. The van der Waals surface area contributed by atoms with Crippen molar-refractivity contribution in [2.75, 3.05) is 18.0 Å². The van der Waals surface area contributed by atoms with Crippen LogP contribution in [0.4, 0.5) is 14.6 Å². The number of phenolic OH excluding ortho intramolecular Hbond substituents is 1. The van der Waals surface area contributed by atoms with E-state index in [1.54, 1.807) is 25.4 Å². The molecule has 9 heteroatoms. The topological polar surface area (TPSA) is 79.1 Å². The normalized spacial score (nSPS) is 22.9. The summed E-state index contributed by atoms with van der Waals surface area (Å²) in [6.07, 6.45) is 3.29. The minimum atomic E-state index is -0.750. The summed E-state index contributed by atoms with van der Waals surface area (Å²) in [7, 11) is 1.71. The molecule has 0 spiro atoms. The number of aromatic hydroxyl groups is 1. The van der Waals surface area contributed by atoms with Gasteiger partial charge in [-0.25, -0.2) is 18.7 Å². The van der Waals surface area contributed by atoms with Gasteiger partial charge in [-0.2, -0.15) is 5.10 Å². The predicted octanol–water partition coefficient (Wildman–Crippen LogP) is 3.70. The number of anilines is 1. The van der Waals surface area contributed by atoms with Crippen molar-refractivity contribution in [3.8, 4) is 17.0 Å². The Morgan fingerprint density at radius 1 is 1.09 bits per heavy atom. The van der Waals surface area contributed by atoms with E-state index < -0.39 is 17.7 Å². The summed E-state index contributed by atoms with van der Waals surface area (Å²) in [5, 5.41) is 18.6. The number of phenols is 1. The molecule has 2 aliphatic rings. The molecule has 2 N–H and O–H groups in total. The second kappa shape index (κ2) is 7.62. The van der Waals surface area contributed by atoms with Crippen LogP contribution in [-0.2, 0) is 7.05 Å². The van der Waals surface area contributed by atoms with E-state index in [4.69, 9.17) is 4.98 Å². The van der Waals surface area contributed by atoms with Crippen molar-refractivity contribution >= 4 is 27.8 Å². The largest absolute Gasteiger partial charge is 0.504 e. The number of nitrogens with one attached hydrogen (secondary N) is 1. The Balaban J connectivity index is 1.26. The summed E-state index contributed by atoms with van der Waals surface area (Å²) in [5.74, 6) is -0.331. The van der Waals surface area contributed by atoms with Crippen LogP contribution in [0.25, 0.3) is 33.2 Å². The molecule has 1 saturated carbocycles. The number of aryl methyl sites for hydroxylation is 1. The van der Waals surface area contributed by atoms with Gasteiger partial charge in [0.2, 0.25) is 0 Å². The fraction of sp³-hybridized carbons (Fsp3) is 0.375. The molecule has 0 amide bonds. The lowest BCUT2D eigenvalue weighted by atomic mass is 9.90. The second-order valence-corrected chi connectivity index (χ2v) is 9.10. The average Bonchev–Trinajstić information content (AvgIpc) is 3.41. The Bertz CT molecular complexity index is 1370. The summed E-state index contributed by atoms with van der Waals surface area (Å²) in [4.78, 5) is 11.6. The third kappa shape index (κ3) is 3.56. The van der Waals surface area contributed by atoms with E-state index in [1.165, 1.54) is 4.68 Å². The minimum absolute atomic E-state index is 0.131. The summed E-state index contributed by atoms with van der Waals surface area (Å²) < 4.78 is 29.2. The molecule has 1 aromatic carbocycles. The second-order valence-electron chi connectivity index (χ2n) is 9.10. The average molecular weight is 450 g/mol. The third-order valence-electron chi connectivity index (χ3n) is 6.70. The molecule has 3 aromatic heterocycles. The Morgan fingerprint density at radius 2 is 1.88 bits per heavy atom. The predicted molar refractivity (Wildman–Crippen MR) is 123 cm³/mol. The molecule has 4 aromatic rings. The molecule has 1 atom stereocenters. The number of benzene rings is 1. The van der Waals surface area contributed by atoms with E-state index in [0.29, 0.717) is 47.1 Å². The summed E-state index contributed by atoms with van der Waals surface area (Å²) in [6, 6.07) is 9.76. The van der Waals surface area contributed by atoms with Crippen LogP contribution in [0.15, 0.2) is 36.5 Å². The van der Waals surface area contributed by atoms with E-state index >= 15 is 0 Å². The van der Waals surface area contributed by atoms with Crippen LogP contribution < -0.4 is 10.2 Å². The highest BCUT2D eigenvalue weighted by Crippen LogP contribution is 2.36. The molecular weight excluding hydrogens is 426 g/mol. The number of alkyl halides is 1. The van der Waals surface area contributed by atoms with Gasteiger partial charge in [-0.05, 0) is 49.6 Å². The van der Waals surface area contributed by atoms with Crippen LogP contribution in [0.5, 0.6) is 5.75 Å². The number of rotatable bonds is 4. The molecule has 2 fully saturated rings. The standard InChI is InChI=1S/C24H24F2N6O/c1-31-11-13-8-17(24(33)22(26)23(13)30-31)18-2-3-20-19(28-18)4-5-21(29-20)32-7-6-15(12-32)27-16-9-14(25)10-16/h2-5,8,11,14-16,27,33H,6-7,9-10,12H2,1H3/t14-,15-,16+/m0/s1. The number of hydrogen-bond donors (Lipinski definition) is 2. The van der Waals surface area contributed by atoms with E-state index in [0.717, 1.165) is 30.8 Å². The van der Waals surface area contributed by atoms with Crippen molar-refractivity contribution in [1.82, 2.24) is 25.1 Å². The Morgan fingerprint density at radius 3 is 2.70 bits per heavy atom. The molecular formula is C24H24F2N6O. The molecule has 1 saturated heterocycles. The van der Waals surface area contributed by atoms with Crippen molar-refractivity contribution in [1.29, 1.82) is 0 Å². The highest BCUT2D eigenvalue weighted by atomic mass is 19.1. The first kappa shape index (κ1) is 20.3. The van der Waals surface area contributed by atoms with Crippen LogP contribution in [-0.4, -0.2) is 56.2 Å². The molecule has 7 nitrogen and oxygen atoms in total. The van der Waals surface area contributed by atoms with Gasteiger partial charge in [-0.1, -0.05) is 0 Å². The minimum Gasteiger partial charge on any atom is -0.504 e. The summed E-state index contributed by atoms with van der Waals surface area (Å²) in [5.41, 5.74) is 2.32. The van der Waals surface area contributed by atoms with Crippen LogP contribution in [0.3, 0.4) is 0 Å². The molecule has 0 unspecified atom stereocenters. The van der Waals surface area contributed by atoms with Crippen molar-refractivity contribution in [3.05, 3.63) is 42.3 Å².